The Kier molecular flexibility index (Phi) is 6.94. The number of piperazine rings is 1. The molecule has 0 spiro atoms. The number of fused-ring (bicyclic) bond motifs is 2. The van der Waals surface area contributed by atoms with Crippen LogP contribution in [0.15, 0.2) is 49.1 Å². The summed E-state index contributed by atoms with van der Waals surface area (Å²) in [5.74, 6) is 1.68. The summed E-state index contributed by atoms with van der Waals surface area (Å²) in [5, 5.41) is 21.1. The molecule has 3 aromatic heterocycles. The van der Waals surface area contributed by atoms with Crippen molar-refractivity contribution in [1.82, 2.24) is 34.4 Å². The average Bonchev–Trinajstić information content (AvgIpc) is 3.63. The molecule has 0 atom stereocenters. The van der Waals surface area contributed by atoms with E-state index in [-0.39, 0.29) is 6.61 Å². The summed E-state index contributed by atoms with van der Waals surface area (Å²) >= 11 is 0. The molecule has 2 aliphatic rings. The second-order valence-electron chi connectivity index (χ2n) is 9.56. The van der Waals surface area contributed by atoms with Crippen molar-refractivity contribution in [2.24, 2.45) is 0 Å². The lowest BCUT2D eigenvalue weighted by atomic mass is 10.1. The molecule has 2 N–H and O–H groups in total. The van der Waals surface area contributed by atoms with Gasteiger partial charge in [0.25, 0.3) is 0 Å². The summed E-state index contributed by atoms with van der Waals surface area (Å²) in [6.07, 6.45) is 7.28. The van der Waals surface area contributed by atoms with Gasteiger partial charge >= 0.3 is 0 Å². The van der Waals surface area contributed by atoms with Crippen LogP contribution in [0.4, 0.5) is 5.95 Å². The first-order valence-corrected chi connectivity index (χ1v) is 13.0. The predicted molar refractivity (Wildman–Crippen MR) is 141 cm³/mol. The SMILES string of the molecule is OCCN1CCN(CCc2ccc(-c3cnc(NCc4cccc5c4CCO5)n4cnnc34)cn2)CC1. The number of aromatic nitrogens is 5. The molecule has 10 nitrogen and oxygen atoms in total. The van der Waals surface area contributed by atoms with Crippen molar-refractivity contribution >= 4 is 11.6 Å². The number of nitrogens with zero attached hydrogens (tertiary/aromatic N) is 7. The minimum Gasteiger partial charge on any atom is -0.493 e. The molecule has 5 heterocycles. The fourth-order valence-corrected chi connectivity index (χ4v) is 5.17. The highest BCUT2D eigenvalue weighted by Crippen LogP contribution is 2.29. The summed E-state index contributed by atoms with van der Waals surface area (Å²) in [6.45, 7) is 7.49. The van der Waals surface area contributed by atoms with Crippen LogP contribution in [-0.2, 0) is 19.4 Å². The number of benzene rings is 1. The van der Waals surface area contributed by atoms with Crippen molar-refractivity contribution in [2.45, 2.75) is 19.4 Å². The number of hydrogen-bond acceptors (Lipinski definition) is 9. The Morgan fingerprint density at radius 3 is 2.65 bits per heavy atom. The van der Waals surface area contributed by atoms with Gasteiger partial charge in [-0.1, -0.05) is 18.2 Å². The molecular weight excluding hydrogens is 468 g/mol. The lowest BCUT2D eigenvalue weighted by Gasteiger charge is -2.34. The van der Waals surface area contributed by atoms with Gasteiger partial charge in [0.05, 0.1) is 13.2 Å². The molecule has 0 amide bonds. The fraction of sp³-hybridized carbons (Fsp3) is 0.407. The van der Waals surface area contributed by atoms with Gasteiger partial charge in [0, 0.05) is 93.4 Å². The first-order valence-electron chi connectivity index (χ1n) is 13.0. The summed E-state index contributed by atoms with van der Waals surface area (Å²) < 4.78 is 7.58. The van der Waals surface area contributed by atoms with Gasteiger partial charge in [-0.15, -0.1) is 10.2 Å². The molecule has 0 bridgehead atoms. The van der Waals surface area contributed by atoms with Gasteiger partial charge < -0.3 is 20.1 Å². The lowest BCUT2D eigenvalue weighted by Crippen LogP contribution is -2.47. The second-order valence-corrected chi connectivity index (χ2v) is 9.56. The first kappa shape index (κ1) is 23.8. The van der Waals surface area contributed by atoms with Gasteiger partial charge in [0.2, 0.25) is 5.95 Å². The van der Waals surface area contributed by atoms with E-state index in [0.29, 0.717) is 12.5 Å². The molecule has 2 aliphatic heterocycles. The Morgan fingerprint density at radius 1 is 0.973 bits per heavy atom. The zero-order valence-corrected chi connectivity index (χ0v) is 20.9. The van der Waals surface area contributed by atoms with Crippen LogP contribution in [0.3, 0.4) is 0 Å². The molecule has 1 aromatic carbocycles. The maximum Gasteiger partial charge on any atom is 0.210 e. The smallest absolute Gasteiger partial charge is 0.210 e. The van der Waals surface area contributed by atoms with Gasteiger partial charge in [-0.3, -0.25) is 14.3 Å². The molecule has 10 heteroatoms. The van der Waals surface area contributed by atoms with Gasteiger partial charge in [-0.05, 0) is 17.7 Å². The average molecular weight is 501 g/mol. The van der Waals surface area contributed by atoms with Crippen LogP contribution in [0.5, 0.6) is 5.75 Å². The minimum atomic E-state index is 0.233. The summed E-state index contributed by atoms with van der Waals surface area (Å²) in [4.78, 5) is 14.2. The van der Waals surface area contributed by atoms with Gasteiger partial charge in [-0.25, -0.2) is 4.98 Å². The lowest BCUT2D eigenvalue weighted by molar-refractivity contribution is 0.113. The van der Waals surface area contributed by atoms with Gasteiger partial charge in [0.1, 0.15) is 12.1 Å². The van der Waals surface area contributed by atoms with Crippen molar-refractivity contribution in [3.05, 3.63) is 65.9 Å². The van der Waals surface area contributed by atoms with Gasteiger partial charge in [-0.2, -0.15) is 0 Å². The Bertz CT molecular complexity index is 1350. The van der Waals surface area contributed by atoms with E-state index in [0.717, 1.165) is 86.9 Å². The summed E-state index contributed by atoms with van der Waals surface area (Å²) in [7, 11) is 0. The van der Waals surface area contributed by atoms with Crippen molar-refractivity contribution in [2.75, 3.05) is 57.8 Å². The number of aliphatic hydroxyl groups excluding tert-OH is 1. The Morgan fingerprint density at radius 2 is 1.84 bits per heavy atom. The number of hydrogen-bond donors (Lipinski definition) is 2. The molecule has 0 unspecified atom stereocenters. The number of pyridine rings is 1. The van der Waals surface area contributed by atoms with Crippen molar-refractivity contribution in [3.63, 3.8) is 0 Å². The number of β-amino-alcohol motifs (C(OH)–C–C–N with tert-alkyl or cyclic N) is 1. The quantitative estimate of drug-likeness (QED) is 0.357. The highest BCUT2D eigenvalue weighted by Gasteiger charge is 2.18. The van der Waals surface area contributed by atoms with E-state index in [1.54, 1.807) is 6.33 Å². The van der Waals surface area contributed by atoms with Crippen molar-refractivity contribution in [1.29, 1.82) is 0 Å². The number of rotatable bonds is 9. The maximum atomic E-state index is 9.11. The van der Waals surface area contributed by atoms with Crippen LogP contribution in [0.25, 0.3) is 16.8 Å². The Balaban J connectivity index is 1.11. The van der Waals surface area contributed by atoms with Gasteiger partial charge in [0.15, 0.2) is 5.65 Å². The van der Waals surface area contributed by atoms with Crippen LogP contribution in [0, 0.1) is 0 Å². The molecule has 0 aliphatic carbocycles. The largest absolute Gasteiger partial charge is 0.493 e. The van der Waals surface area contributed by atoms with E-state index in [1.165, 1.54) is 11.1 Å². The predicted octanol–water partition coefficient (Wildman–Crippen LogP) is 1.89. The van der Waals surface area contributed by atoms with E-state index in [2.05, 4.69) is 48.5 Å². The van der Waals surface area contributed by atoms with E-state index in [1.807, 2.05) is 28.9 Å². The standard InChI is InChI=1S/C27H32N8O2/c36-14-13-34-11-9-33(10-12-34)8-6-22-5-4-21(16-28-22)24-18-30-27(35-19-31-32-26(24)35)29-17-20-2-1-3-25-23(20)7-15-37-25/h1-5,16,18-19,36H,6-15,17H2,(H,29,30). The van der Waals surface area contributed by atoms with E-state index in [9.17, 15) is 0 Å². The highest BCUT2D eigenvalue weighted by atomic mass is 16.5. The van der Waals surface area contributed by atoms with Crippen molar-refractivity contribution in [3.8, 4) is 16.9 Å². The second kappa shape index (κ2) is 10.8. The fourth-order valence-electron chi connectivity index (χ4n) is 5.17. The number of ether oxygens (including phenoxy) is 1. The molecule has 37 heavy (non-hydrogen) atoms. The number of aliphatic hydroxyl groups is 1. The molecule has 1 saturated heterocycles. The molecule has 4 aromatic rings. The molecule has 6 rings (SSSR count). The van der Waals surface area contributed by atoms with Crippen LogP contribution < -0.4 is 10.1 Å². The topological polar surface area (TPSA) is 104 Å². The van der Waals surface area contributed by atoms with E-state index < -0.39 is 0 Å². The van der Waals surface area contributed by atoms with E-state index in [4.69, 9.17) is 14.8 Å². The molecule has 1 fully saturated rings. The van der Waals surface area contributed by atoms with Crippen LogP contribution >= 0.6 is 0 Å². The Labute approximate surface area is 215 Å². The maximum absolute atomic E-state index is 9.11. The van der Waals surface area contributed by atoms with Crippen LogP contribution in [0.1, 0.15) is 16.8 Å². The summed E-state index contributed by atoms with van der Waals surface area (Å²) in [5.41, 5.74) is 6.17. The third kappa shape index (κ3) is 5.13. The monoisotopic (exact) mass is 500 g/mol. The van der Waals surface area contributed by atoms with Crippen molar-refractivity contribution < 1.29 is 9.84 Å². The van der Waals surface area contributed by atoms with E-state index >= 15 is 0 Å². The zero-order chi connectivity index (χ0) is 25.0. The Hall–Kier alpha value is -3.60. The van der Waals surface area contributed by atoms with Crippen LogP contribution in [-0.4, -0.2) is 92.0 Å². The summed E-state index contributed by atoms with van der Waals surface area (Å²) in [6, 6.07) is 10.4. The number of anilines is 1. The normalized spacial score (nSPS) is 16.1. The third-order valence-corrected chi connectivity index (χ3v) is 7.31. The minimum absolute atomic E-state index is 0.233. The molecule has 0 radical (unpaired) electrons. The number of nitrogens with one attached hydrogen (secondary N) is 1. The molecule has 192 valence electrons. The van der Waals surface area contributed by atoms with Crippen LogP contribution in [0.2, 0.25) is 0 Å². The third-order valence-electron chi connectivity index (χ3n) is 7.31. The highest BCUT2D eigenvalue weighted by molar-refractivity contribution is 5.77. The molecule has 0 saturated carbocycles. The first-order chi connectivity index (χ1) is 18.3. The zero-order valence-electron chi connectivity index (χ0n) is 20.9. The molecular formula is C27H32N8O2.